The van der Waals surface area contributed by atoms with Gasteiger partial charge >= 0.3 is 0 Å². The van der Waals surface area contributed by atoms with E-state index >= 15 is 0 Å². The molecule has 0 aliphatic carbocycles. The van der Waals surface area contributed by atoms with E-state index in [0.717, 1.165) is 76.4 Å². The zero-order valence-electron chi connectivity index (χ0n) is 19.4. The summed E-state index contributed by atoms with van der Waals surface area (Å²) < 4.78 is 16.5. The first-order valence-corrected chi connectivity index (χ1v) is 11.3. The number of fused-ring (bicyclic) bond motifs is 1. The summed E-state index contributed by atoms with van der Waals surface area (Å²) in [6.45, 7) is 7.04. The molecule has 0 atom stereocenters. The van der Waals surface area contributed by atoms with Crippen LogP contribution in [0.2, 0.25) is 0 Å². The number of guanidine groups is 1. The molecule has 2 heterocycles. The van der Waals surface area contributed by atoms with Gasteiger partial charge in [0.15, 0.2) is 17.5 Å². The molecular weight excluding hydrogens is 404 g/mol. The molecular formula is C25H34N4O3. The number of methoxy groups -OCH3 is 2. The Kier molecular flexibility index (Phi) is 7.50. The van der Waals surface area contributed by atoms with E-state index in [0.29, 0.717) is 0 Å². The molecule has 2 aromatic rings. The van der Waals surface area contributed by atoms with Crippen molar-refractivity contribution < 1.29 is 14.2 Å². The van der Waals surface area contributed by atoms with Crippen molar-refractivity contribution in [3.63, 3.8) is 0 Å². The number of hydrogen-bond donors (Lipinski definition) is 1. The van der Waals surface area contributed by atoms with Crippen LogP contribution in [0.25, 0.3) is 0 Å². The molecule has 2 aliphatic heterocycles. The standard InChI is InChI=1S/C25H34N4O3/c1-26-25(29-9-8-19-14-23(30-2)24(31-3)15-22(19)18-29)27-16-20-6-4-5-7-21(20)17-28-10-12-32-13-11-28/h4-7,14-15H,8-13,16-18H2,1-3H3,(H,26,27). The lowest BCUT2D eigenvalue weighted by Gasteiger charge is -2.32. The molecule has 2 aliphatic rings. The van der Waals surface area contributed by atoms with Crippen molar-refractivity contribution in [2.75, 3.05) is 54.1 Å². The highest BCUT2D eigenvalue weighted by atomic mass is 16.5. The van der Waals surface area contributed by atoms with E-state index in [1.807, 2.05) is 7.05 Å². The monoisotopic (exact) mass is 438 g/mol. The van der Waals surface area contributed by atoms with E-state index in [9.17, 15) is 0 Å². The Morgan fingerprint density at radius 2 is 1.69 bits per heavy atom. The average Bonchev–Trinajstić information content (AvgIpc) is 2.85. The zero-order chi connectivity index (χ0) is 22.3. The van der Waals surface area contributed by atoms with Crippen molar-refractivity contribution in [1.82, 2.24) is 15.1 Å². The average molecular weight is 439 g/mol. The SMILES string of the molecule is CN=C(NCc1ccccc1CN1CCOCC1)N1CCc2cc(OC)c(OC)cc2C1. The highest BCUT2D eigenvalue weighted by Crippen LogP contribution is 2.33. The normalized spacial score (nSPS) is 17.1. The summed E-state index contributed by atoms with van der Waals surface area (Å²) in [5, 5.41) is 3.59. The summed E-state index contributed by atoms with van der Waals surface area (Å²) in [5.41, 5.74) is 5.23. The molecule has 0 spiro atoms. The maximum Gasteiger partial charge on any atom is 0.194 e. The van der Waals surface area contributed by atoms with Gasteiger partial charge in [-0.3, -0.25) is 9.89 Å². The molecule has 1 fully saturated rings. The summed E-state index contributed by atoms with van der Waals surface area (Å²) in [6.07, 6.45) is 0.948. The van der Waals surface area contributed by atoms with Crippen LogP contribution in [0.15, 0.2) is 41.4 Å². The number of aliphatic imine (C=N–C) groups is 1. The number of nitrogens with zero attached hydrogens (tertiary/aromatic N) is 3. The van der Waals surface area contributed by atoms with E-state index in [2.05, 4.69) is 56.5 Å². The lowest BCUT2D eigenvalue weighted by atomic mass is 9.99. The predicted octanol–water partition coefficient (Wildman–Crippen LogP) is 2.67. The summed E-state index contributed by atoms with van der Waals surface area (Å²) in [4.78, 5) is 9.33. The van der Waals surface area contributed by atoms with Crippen molar-refractivity contribution in [2.45, 2.75) is 26.1 Å². The van der Waals surface area contributed by atoms with Crippen LogP contribution in [-0.2, 0) is 30.8 Å². The zero-order valence-corrected chi connectivity index (χ0v) is 19.4. The molecule has 0 bridgehead atoms. The number of hydrogen-bond acceptors (Lipinski definition) is 5. The van der Waals surface area contributed by atoms with E-state index in [-0.39, 0.29) is 0 Å². The van der Waals surface area contributed by atoms with Gasteiger partial charge in [-0.25, -0.2) is 0 Å². The summed E-state index contributed by atoms with van der Waals surface area (Å²) >= 11 is 0. The molecule has 1 N–H and O–H groups in total. The maximum atomic E-state index is 5.50. The van der Waals surface area contributed by atoms with Crippen LogP contribution >= 0.6 is 0 Å². The fraction of sp³-hybridized carbons (Fsp3) is 0.480. The van der Waals surface area contributed by atoms with Crippen molar-refractivity contribution >= 4 is 5.96 Å². The Hall–Kier alpha value is -2.77. The number of morpholine rings is 1. The Bertz CT molecular complexity index is 941. The van der Waals surface area contributed by atoms with Gasteiger partial charge in [0.05, 0.1) is 27.4 Å². The largest absolute Gasteiger partial charge is 0.493 e. The molecule has 7 nitrogen and oxygen atoms in total. The third-order valence-electron chi connectivity index (χ3n) is 6.28. The van der Waals surface area contributed by atoms with E-state index < -0.39 is 0 Å². The number of rotatable bonds is 6. The van der Waals surface area contributed by atoms with Crippen LogP contribution < -0.4 is 14.8 Å². The smallest absolute Gasteiger partial charge is 0.194 e. The lowest BCUT2D eigenvalue weighted by Crippen LogP contribution is -2.44. The Labute approximate surface area is 191 Å². The number of benzene rings is 2. The van der Waals surface area contributed by atoms with Gasteiger partial charge in [0.25, 0.3) is 0 Å². The van der Waals surface area contributed by atoms with Crippen LogP contribution in [0.5, 0.6) is 11.5 Å². The van der Waals surface area contributed by atoms with Gasteiger partial charge in [0.2, 0.25) is 0 Å². The second kappa shape index (κ2) is 10.7. The van der Waals surface area contributed by atoms with Crippen molar-refractivity contribution in [3.05, 3.63) is 58.7 Å². The van der Waals surface area contributed by atoms with Gasteiger partial charge in [-0.15, -0.1) is 0 Å². The molecule has 2 aromatic carbocycles. The fourth-order valence-electron chi connectivity index (χ4n) is 4.45. The quantitative estimate of drug-likeness (QED) is 0.553. The summed E-state index contributed by atoms with van der Waals surface area (Å²) in [6, 6.07) is 12.9. The van der Waals surface area contributed by atoms with Gasteiger partial charge in [-0.1, -0.05) is 24.3 Å². The molecule has 32 heavy (non-hydrogen) atoms. The van der Waals surface area contributed by atoms with Crippen LogP contribution in [-0.4, -0.2) is 69.9 Å². The molecule has 4 rings (SSSR count). The van der Waals surface area contributed by atoms with Gasteiger partial charge in [-0.2, -0.15) is 0 Å². The van der Waals surface area contributed by atoms with Gasteiger partial charge < -0.3 is 24.4 Å². The first kappa shape index (κ1) is 22.4. The molecule has 0 radical (unpaired) electrons. The van der Waals surface area contributed by atoms with Gasteiger partial charge in [-0.05, 0) is 40.8 Å². The van der Waals surface area contributed by atoms with E-state index in [1.165, 1.54) is 22.3 Å². The fourth-order valence-corrected chi connectivity index (χ4v) is 4.45. The van der Waals surface area contributed by atoms with E-state index in [4.69, 9.17) is 14.2 Å². The van der Waals surface area contributed by atoms with Crippen LogP contribution in [0.4, 0.5) is 0 Å². The van der Waals surface area contributed by atoms with Crippen molar-refractivity contribution in [3.8, 4) is 11.5 Å². The van der Waals surface area contributed by atoms with Crippen LogP contribution in [0.1, 0.15) is 22.3 Å². The molecule has 0 aromatic heterocycles. The number of nitrogens with one attached hydrogen (secondary N) is 1. The minimum absolute atomic E-state index is 0.752. The molecule has 0 unspecified atom stereocenters. The van der Waals surface area contributed by atoms with Gasteiger partial charge in [0.1, 0.15) is 0 Å². The minimum atomic E-state index is 0.752. The molecule has 1 saturated heterocycles. The first-order valence-electron chi connectivity index (χ1n) is 11.3. The Balaban J connectivity index is 1.42. The minimum Gasteiger partial charge on any atom is -0.493 e. The van der Waals surface area contributed by atoms with Gasteiger partial charge in [0, 0.05) is 46.3 Å². The van der Waals surface area contributed by atoms with Crippen molar-refractivity contribution in [2.24, 2.45) is 4.99 Å². The topological polar surface area (TPSA) is 58.6 Å². The maximum absolute atomic E-state index is 5.50. The molecule has 0 saturated carbocycles. The third kappa shape index (κ3) is 5.16. The highest BCUT2D eigenvalue weighted by molar-refractivity contribution is 5.80. The second-order valence-corrected chi connectivity index (χ2v) is 8.21. The predicted molar refractivity (Wildman–Crippen MR) is 126 cm³/mol. The van der Waals surface area contributed by atoms with Crippen LogP contribution in [0.3, 0.4) is 0 Å². The molecule has 7 heteroatoms. The summed E-state index contributed by atoms with van der Waals surface area (Å²) in [5.74, 6) is 2.48. The van der Waals surface area contributed by atoms with E-state index in [1.54, 1.807) is 14.2 Å². The third-order valence-corrected chi connectivity index (χ3v) is 6.28. The lowest BCUT2D eigenvalue weighted by molar-refractivity contribution is 0.0341. The Morgan fingerprint density at radius 1 is 1.00 bits per heavy atom. The number of ether oxygens (including phenoxy) is 3. The first-order chi connectivity index (χ1) is 15.7. The van der Waals surface area contributed by atoms with Crippen molar-refractivity contribution in [1.29, 1.82) is 0 Å². The summed E-state index contributed by atoms with van der Waals surface area (Å²) in [7, 11) is 5.22. The molecule has 0 amide bonds. The Morgan fingerprint density at radius 3 is 2.38 bits per heavy atom. The molecule has 172 valence electrons. The highest BCUT2D eigenvalue weighted by Gasteiger charge is 2.22. The van der Waals surface area contributed by atoms with Crippen LogP contribution in [0, 0.1) is 0 Å². The second-order valence-electron chi connectivity index (χ2n) is 8.21.